The molecule has 0 radical (unpaired) electrons. The molecule has 1 saturated heterocycles. The second-order valence-electron chi connectivity index (χ2n) is 7.74. The molecule has 0 aliphatic carbocycles. The number of urea groups is 1. The van der Waals surface area contributed by atoms with Crippen LogP contribution in [0.1, 0.15) is 64.8 Å². The van der Waals surface area contributed by atoms with Gasteiger partial charge < -0.3 is 10.6 Å². The van der Waals surface area contributed by atoms with Gasteiger partial charge in [-0.25, -0.2) is 4.79 Å². The van der Waals surface area contributed by atoms with Gasteiger partial charge in [0, 0.05) is 23.1 Å². The summed E-state index contributed by atoms with van der Waals surface area (Å²) < 4.78 is 2.15. The molecule has 23 heavy (non-hydrogen) atoms. The topological polar surface area (TPSA) is 59.0 Å². The van der Waals surface area contributed by atoms with Crippen molar-refractivity contribution in [2.24, 2.45) is 0 Å². The van der Waals surface area contributed by atoms with Gasteiger partial charge in [0.25, 0.3) is 0 Å². The molecule has 2 heterocycles. The molecule has 5 nitrogen and oxygen atoms in total. The van der Waals surface area contributed by atoms with Gasteiger partial charge in [0.15, 0.2) is 0 Å². The number of carbonyl (C=O) groups is 1. The van der Waals surface area contributed by atoms with Gasteiger partial charge in [-0.2, -0.15) is 16.9 Å². The second kappa shape index (κ2) is 6.75. The van der Waals surface area contributed by atoms with E-state index in [1.807, 2.05) is 36.5 Å². The minimum atomic E-state index is -0.103. The van der Waals surface area contributed by atoms with Crippen LogP contribution in [0, 0.1) is 6.92 Å². The van der Waals surface area contributed by atoms with E-state index in [9.17, 15) is 4.79 Å². The average Bonchev–Trinajstić information content (AvgIpc) is 3.03. The lowest BCUT2D eigenvalue weighted by Crippen LogP contribution is -2.43. The highest BCUT2D eigenvalue weighted by Gasteiger charge is 2.30. The minimum absolute atomic E-state index is 0.0563. The SMILES string of the molecule is Cc1nn(C(C)(C)C)cc1[C@@H](C)NC(=O)NC[C@]1(C)CCCS1. The number of rotatable bonds is 4. The number of amides is 2. The van der Waals surface area contributed by atoms with Gasteiger partial charge in [-0.1, -0.05) is 0 Å². The fourth-order valence-corrected chi connectivity index (χ4v) is 4.06. The number of aryl methyl sites for hydroxylation is 1. The summed E-state index contributed by atoms with van der Waals surface area (Å²) in [4.78, 5) is 12.2. The van der Waals surface area contributed by atoms with Crippen molar-refractivity contribution in [1.82, 2.24) is 20.4 Å². The molecule has 0 saturated carbocycles. The summed E-state index contributed by atoms with van der Waals surface area (Å²) in [5.41, 5.74) is 1.97. The third kappa shape index (κ3) is 4.66. The zero-order valence-corrected chi connectivity index (χ0v) is 16.0. The zero-order valence-electron chi connectivity index (χ0n) is 15.2. The Morgan fingerprint density at radius 1 is 1.52 bits per heavy atom. The molecule has 6 heteroatoms. The quantitative estimate of drug-likeness (QED) is 0.882. The highest BCUT2D eigenvalue weighted by atomic mass is 32.2. The molecular formula is C17H30N4OS. The monoisotopic (exact) mass is 338 g/mol. The summed E-state index contributed by atoms with van der Waals surface area (Å²) >= 11 is 1.95. The Morgan fingerprint density at radius 3 is 2.74 bits per heavy atom. The molecule has 2 amide bonds. The van der Waals surface area contributed by atoms with Gasteiger partial charge in [0.05, 0.1) is 17.3 Å². The normalized spacial score (nSPS) is 22.9. The molecule has 1 aliphatic heterocycles. The van der Waals surface area contributed by atoms with Crippen LogP contribution in [-0.4, -0.2) is 32.9 Å². The molecular weight excluding hydrogens is 308 g/mol. The molecule has 1 aromatic rings. The van der Waals surface area contributed by atoms with E-state index in [1.54, 1.807) is 0 Å². The lowest BCUT2D eigenvalue weighted by Gasteiger charge is -2.23. The molecule has 1 aromatic heterocycles. The highest BCUT2D eigenvalue weighted by molar-refractivity contribution is 8.00. The summed E-state index contributed by atoms with van der Waals surface area (Å²) in [6.07, 6.45) is 4.45. The first-order chi connectivity index (χ1) is 10.6. The maximum absolute atomic E-state index is 12.2. The first kappa shape index (κ1) is 18.2. The Bertz CT molecular complexity index is 555. The molecule has 2 rings (SSSR count). The number of hydrogen-bond donors (Lipinski definition) is 2. The van der Waals surface area contributed by atoms with Gasteiger partial charge >= 0.3 is 6.03 Å². The Morgan fingerprint density at radius 2 is 2.22 bits per heavy atom. The number of thioether (sulfide) groups is 1. The van der Waals surface area contributed by atoms with E-state index < -0.39 is 0 Å². The van der Waals surface area contributed by atoms with Crippen LogP contribution in [0.3, 0.4) is 0 Å². The van der Waals surface area contributed by atoms with Gasteiger partial charge in [-0.05, 0) is 60.1 Å². The Balaban J connectivity index is 1.92. The Hall–Kier alpha value is -1.17. The summed E-state index contributed by atoms with van der Waals surface area (Å²) in [5, 5.41) is 10.6. The summed E-state index contributed by atoms with van der Waals surface area (Å²) in [5.74, 6) is 1.20. The second-order valence-corrected chi connectivity index (χ2v) is 9.42. The first-order valence-corrected chi connectivity index (χ1v) is 9.34. The van der Waals surface area contributed by atoms with Crippen molar-refractivity contribution in [1.29, 1.82) is 0 Å². The van der Waals surface area contributed by atoms with Crippen molar-refractivity contribution in [2.45, 2.75) is 70.7 Å². The van der Waals surface area contributed by atoms with Gasteiger partial charge in [-0.3, -0.25) is 4.68 Å². The van der Waals surface area contributed by atoms with E-state index in [0.717, 1.165) is 17.8 Å². The van der Waals surface area contributed by atoms with Crippen LogP contribution in [0.25, 0.3) is 0 Å². The smallest absolute Gasteiger partial charge is 0.315 e. The Labute approximate surface area is 144 Å². The van der Waals surface area contributed by atoms with Crippen LogP contribution in [-0.2, 0) is 5.54 Å². The number of aromatic nitrogens is 2. The number of nitrogens with one attached hydrogen (secondary N) is 2. The molecule has 1 fully saturated rings. The number of hydrogen-bond acceptors (Lipinski definition) is 3. The number of nitrogens with zero attached hydrogens (tertiary/aromatic N) is 2. The minimum Gasteiger partial charge on any atom is -0.337 e. The lowest BCUT2D eigenvalue weighted by atomic mass is 10.1. The third-order valence-electron chi connectivity index (χ3n) is 4.36. The Kier molecular flexibility index (Phi) is 5.33. The largest absolute Gasteiger partial charge is 0.337 e. The van der Waals surface area contributed by atoms with E-state index in [-0.39, 0.29) is 22.4 Å². The van der Waals surface area contributed by atoms with Gasteiger partial charge in [0.1, 0.15) is 0 Å². The molecule has 130 valence electrons. The first-order valence-electron chi connectivity index (χ1n) is 8.36. The van der Waals surface area contributed by atoms with Crippen LogP contribution in [0.4, 0.5) is 4.79 Å². The van der Waals surface area contributed by atoms with Crippen LogP contribution in [0.15, 0.2) is 6.20 Å². The molecule has 0 bridgehead atoms. The fraction of sp³-hybridized carbons (Fsp3) is 0.765. The lowest BCUT2D eigenvalue weighted by molar-refractivity contribution is 0.237. The van der Waals surface area contributed by atoms with Crippen molar-refractivity contribution in [3.05, 3.63) is 17.5 Å². The van der Waals surface area contributed by atoms with Crippen LogP contribution in [0.5, 0.6) is 0 Å². The maximum atomic E-state index is 12.2. The summed E-state index contributed by atoms with van der Waals surface area (Å²) in [6.45, 7) is 13.3. The average molecular weight is 339 g/mol. The van der Waals surface area contributed by atoms with E-state index in [2.05, 4.69) is 43.4 Å². The highest BCUT2D eigenvalue weighted by Crippen LogP contribution is 2.36. The molecule has 1 aliphatic rings. The summed E-state index contributed by atoms with van der Waals surface area (Å²) in [7, 11) is 0. The van der Waals surface area contributed by atoms with Crippen LogP contribution in [0.2, 0.25) is 0 Å². The van der Waals surface area contributed by atoms with Gasteiger partial charge in [0.2, 0.25) is 0 Å². The predicted octanol–water partition coefficient (Wildman–Crippen LogP) is 3.59. The maximum Gasteiger partial charge on any atom is 0.315 e. The third-order valence-corrected chi connectivity index (χ3v) is 5.90. The van der Waals surface area contributed by atoms with Crippen molar-refractivity contribution < 1.29 is 4.79 Å². The number of carbonyl (C=O) groups excluding carboxylic acids is 1. The summed E-state index contributed by atoms with van der Waals surface area (Å²) in [6, 6.07) is -0.163. The predicted molar refractivity (Wildman–Crippen MR) is 97.0 cm³/mol. The van der Waals surface area contributed by atoms with Gasteiger partial charge in [-0.15, -0.1) is 0 Å². The molecule has 2 atom stereocenters. The molecule has 0 unspecified atom stereocenters. The standard InChI is InChI=1S/C17H30N4OS/c1-12(14-10-21(16(3,4)5)20-13(14)2)19-15(22)18-11-17(6)8-7-9-23-17/h10,12H,7-9,11H2,1-6H3,(H2,18,19,22)/t12-,17+/m1/s1. The van der Waals surface area contributed by atoms with E-state index in [4.69, 9.17) is 0 Å². The van der Waals surface area contributed by atoms with Crippen molar-refractivity contribution >= 4 is 17.8 Å². The van der Waals surface area contributed by atoms with E-state index in [1.165, 1.54) is 18.6 Å². The van der Waals surface area contributed by atoms with Crippen LogP contribution >= 0.6 is 11.8 Å². The van der Waals surface area contributed by atoms with E-state index >= 15 is 0 Å². The van der Waals surface area contributed by atoms with Crippen molar-refractivity contribution in [2.75, 3.05) is 12.3 Å². The fourth-order valence-electron chi connectivity index (χ4n) is 2.81. The zero-order chi connectivity index (χ0) is 17.3. The van der Waals surface area contributed by atoms with Crippen molar-refractivity contribution in [3.63, 3.8) is 0 Å². The molecule has 0 aromatic carbocycles. The van der Waals surface area contributed by atoms with Crippen LogP contribution < -0.4 is 10.6 Å². The molecule has 2 N–H and O–H groups in total. The van der Waals surface area contributed by atoms with E-state index in [0.29, 0.717) is 0 Å². The molecule has 0 spiro atoms. The van der Waals surface area contributed by atoms with Crippen molar-refractivity contribution in [3.8, 4) is 0 Å².